The number of carboxylic acid groups (broad SMARTS) is 5. The van der Waals surface area contributed by atoms with E-state index in [1.54, 1.807) is 0 Å². The first-order valence-corrected chi connectivity index (χ1v) is 9.19. The molecule has 1 fully saturated rings. The van der Waals surface area contributed by atoms with Crippen LogP contribution in [0.25, 0.3) is 0 Å². The van der Waals surface area contributed by atoms with Crippen LogP contribution in [0.1, 0.15) is 41.5 Å². The Balaban J connectivity index is -0.000000123. The molecule has 35 heavy (non-hydrogen) atoms. The summed E-state index contributed by atoms with van der Waals surface area (Å²) in [6, 6.07) is -1.10. The highest BCUT2D eigenvalue weighted by atomic mass is 16.6. The average molecular weight is 521 g/mol. The summed E-state index contributed by atoms with van der Waals surface area (Å²) in [5.41, 5.74) is 0. The minimum Gasteiger partial charge on any atom is -0.481 e. The Hall–Kier alpha value is -3.38. The van der Waals surface area contributed by atoms with Crippen molar-refractivity contribution in [3.05, 3.63) is 0 Å². The number of hydrogen-bond donors (Lipinski definition) is 10. The van der Waals surface area contributed by atoms with Gasteiger partial charge in [-0.2, -0.15) is 0 Å². The summed E-state index contributed by atoms with van der Waals surface area (Å²) >= 11 is 0. The minimum absolute atomic E-state index is 0.462. The van der Waals surface area contributed by atoms with Crippen molar-refractivity contribution in [2.75, 3.05) is 6.61 Å². The van der Waals surface area contributed by atoms with E-state index >= 15 is 0 Å². The van der Waals surface area contributed by atoms with Crippen molar-refractivity contribution in [2.45, 2.75) is 72.2 Å². The number of aliphatic carboxylic acids is 5. The first-order valence-electron chi connectivity index (χ1n) is 9.19. The third kappa shape index (κ3) is 49.0. The fourth-order valence-corrected chi connectivity index (χ4v) is 1.49. The average Bonchev–Trinajstić information content (AvgIpc) is 2.59. The molecule has 1 rings (SSSR count). The zero-order valence-corrected chi connectivity index (χ0v) is 20.0. The van der Waals surface area contributed by atoms with Gasteiger partial charge >= 0.3 is 0 Å². The van der Waals surface area contributed by atoms with Crippen LogP contribution in [0.5, 0.6) is 0 Å². The van der Waals surface area contributed by atoms with E-state index in [0.717, 1.165) is 34.6 Å². The Bertz CT molecular complexity index is 548. The van der Waals surface area contributed by atoms with Crippen LogP contribution in [0.2, 0.25) is 0 Å². The summed E-state index contributed by atoms with van der Waals surface area (Å²) in [4.78, 5) is 55.7. The van der Waals surface area contributed by atoms with E-state index in [1.165, 1.54) is 6.92 Å². The number of hydrogen-bond acceptors (Lipinski definition) is 11. The predicted octanol–water partition coefficient (Wildman–Crippen LogP) is -2.62. The molecule has 1 aliphatic heterocycles. The number of rotatable bonds is 2. The predicted molar refractivity (Wildman–Crippen MR) is 114 cm³/mol. The standard InChI is InChI=1S/C8H15NO6.5C2H4O2/c1-3(11)9-5-7(13)6(12)4(2-10)15-8(5)14;5*1-2(3)4/h4-8,10,12-14H,2H2,1H3,(H,9,11);5*1H3,(H,3,4)/t4-,5-,6+,7-,8?;;;;;/m1...../s1. The van der Waals surface area contributed by atoms with Gasteiger partial charge in [0.1, 0.15) is 24.4 Å². The second kappa shape index (κ2) is 25.2. The number of carbonyl (C=O) groups excluding carboxylic acids is 1. The van der Waals surface area contributed by atoms with E-state index in [1.807, 2.05) is 0 Å². The number of carbonyl (C=O) groups is 6. The molecule has 5 atom stereocenters. The maximum atomic E-state index is 10.7. The lowest BCUT2D eigenvalue weighted by atomic mass is 9.97. The number of ether oxygens (including phenoxy) is 1. The second-order valence-corrected chi connectivity index (χ2v) is 6.05. The topological polar surface area (TPSA) is 306 Å². The van der Waals surface area contributed by atoms with Crippen LogP contribution in [-0.4, -0.2) is 119 Å². The zero-order chi connectivity index (χ0) is 29.5. The highest BCUT2D eigenvalue weighted by Gasteiger charge is 2.43. The first kappa shape index (κ1) is 41.8. The molecule has 0 aliphatic carbocycles. The summed E-state index contributed by atoms with van der Waals surface area (Å²) in [7, 11) is 0. The summed E-state index contributed by atoms with van der Waals surface area (Å²) in [6.45, 7) is 6.10. The Morgan fingerprint density at radius 1 is 0.629 bits per heavy atom. The molecule has 0 bridgehead atoms. The van der Waals surface area contributed by atoms with Crippen LogP contribution < -0.4 is 5.32 Å². The van der Waals surface area contributed by atoms with Crippen molar-refractivity contribution >= 4 is 35.8 Å². The molecule has 17 heteroatoms. The molecule has 10 N–H and O–H groups in total. The maximum Gasteiger partial charge on any atom is 0.300 e. The van der Waals surface area contributed by atoms with Crippen molar-refractivity contribution in [2.24, 2.45) is 0 Å². The fourth-order valence-electron chi connectivity index (χ4n) is 1.49. The molecule has 1 aliphatic rings. The Morgan fingerprint density at radius 3 is 1.09 bits per heavy atom. The monoisotopic (exact) mass is 521 g/mol. The van der Waals surface area contributed by atoms with E-state index in [4.69, 9.17) is 59.3 Å². The van der Waals surface area contributed by atoms with E-state index < -0.39 is 73.0 Å². The highest BCUT2D eigenvalue weighted by Crippen LogP contribution is 2.19. The van der Waals surface area contributed by atoms with Gasteiger partial charge in [0.25, 0.3) is 29.8 Å². The van der Waals surface area contributed by atoms with Crippen LogP contribution in [-0.2, 0) is 33.5 Å². The number of aliphatic hydroxyl groups excluding tert-OH is 4. The van der Waals surface area contributed by atoms with Gasteiger partial charge in [0.2, 0.25) is 5.91 Å². The molecule has 0 aromatic heterocycles. The van der Waals surface area contributed by atoms with Crippen LogP contribution in [0, 0.1) is 0 Å². The number of carboxylic acids is 5. The Morgan fingerprint density at radius 2 is 0.886 bits per heavy atom. The van der Waals surface area contributed by atoms with E-state index in [2.05, 4.69) is 5.32 Å². The minimum atomic E-state index is -1.45. The van der Waals surface area contributed by atoms with Gasteiger partial charge in [-0.15, -0.1) is 0 Å². The van der Waals surface area contributed by atoms with Gasteiger partial charge in [-0.25, -0.2) is 0 Å². The van der Waals surface area contributed by atoms with Crippen molar-refractivity contribution in [3.63, 3.8) is 0 Å². The molecule has 1 unspecified atom stereocenters. The molecular weight excluding hydrogens is 486 g/mol. The summed E-state index contributed by atoms with van der Waals surface area (Å²) < 4.78 is 4.81. The lowest BCUT2D eigenvalue weighted by Crippen LogP contribution is -2.63. The summed E-state index contributed by atoms with van der Waals surface area (Å²) in [5, 5.41) is 76.5. The van der Waals surface area contributed by atoms with E-state index in [-0.39, 0.29) is 0 Å². The van der Waals surface area contributed by atoms with Crippen molar-refractivity contribution < 1.29 is 79.5 Å². The molecule has 1 heterocycles. The third-order valence-electron chi connectivity index (χ3n) is 2.27. The SMILES string of the molecule is CC(=O)N[C@H]1C(O)O[C@H](CO)[C@H](O)[C@@H]1O.CC(=O)O.CC(=O)O.CC(=O)O.CC(=O)O.CC(=O)O. The molecule has 0 aromatic carbocycles. The van der Waals surface area contributed by atoms with Gasteiger partial charge in [-0.1, -0.05) is 0 Å². The lowest BCUT2D eigenvalue weighted by molar-refractivity contribution is -0.253. The van der Waals surface area contributed by atoms with Crippen LogP contribution >= 0.6 is 0 Å². The van der Waals surface area contributed by atoms with E-state index in [9.17, 15) is 20.1 Å². The van der Waals surface area contributed by atoms with Gasteiger partial charge in [0.15, 0.2) is 6.29 Å². The Labute approximate surface area is 200 Å². The smallest absolute Gasteiger partial charge is 0.300 e. The van der Waals surface area contributed by atoms with Crippen molar-refractivity contribution in [1.82, 2.24) is 5.32 Å². The molecule has 0 radical (unpaired) electrons. The molecule has 0 saturated carbocycles. The molecule has 0 aromatic rings. The quantitative estimate of drug-likeness (QED) is 0.178. The lowest BCUT2D eigenvalue weighted by Gasteiger charge is -2.40. The molecule has 0 spiro atoms. The van der Waals surface area contributed by atoms with Gasteiger partial charge in [-0.05, 0) is 0 Å². The normalized spacial score (nSPS) is 21.3. The third-order valence-corrected chi connectivity index (χ3v) is 2.27. The molecule has 1 amide bonds. The van der Waals surface area contributed by atoms with Gasteiger partial charge in [-0.3, -0.25) is 28.8 Å². The van der Waals surface area contributed by atoms with Gasteiger partial charge in [0.05, 0.1) is 6.61 Å². The number of nitrogens with one attached hydrogen (secondary N) is 1. The fraction of sp³-hybridized carbons (Fsp3) is 0.667. The van der Waals surface area contributed by atoms with Gasteiger partial charge in [0, 0.05) is 41.5 Å². The van der Waals surface area contributed by atoms with Crippen molar-refractivity contribution in [3.8, 4) is 0 Å². The Kier molecular flexibility index (Phi) is 30.2. The van der Waals surface area contributed by atoms with Gasteiger partial charge < -0.3 is 56.0 Å². The number of aliphatic hydroxyl groups is 4. The zero-order valence-electron chi connectivity index (χ0n) is 20.0. The second-order valence-electron chi connectivity index (χ2n) is 6.05. The maximum absolute atomic E-state index is 10.7. The summed E-state index contributed by atoms with van der Waals surface area (Å²) in [6.07, 6.45) is -5.24. The van der Waals surface area contributed by atoms with Crippen LogP contribution in [0.15, 0.2) is 0 Å². The first-order chi connectivity index (χ1) is 15.6. The van der Waals surface area contributed by atoms with Crippen LogP contribution in [0.3, 0.4) is 0 Å². The molecular formula is C18H35NO16. The highest BCUT2D eigenvalue weighted by molar-refractivity contribution is 5.73. The molecule has 208 valence electrons. The number of amides is 1. The largest absolute Gasteiger partial charge is 0.481 e. The van der Waals surface area contributed by atoms with Crippen LogP contribution in [0.4, 0.5) is 0 Å². The summed E-state index contributed by atoms with van der Waals surface area (Å²) in [5.74, 6) is -4.63. The molecule has 17 nitrogen and oxygen atoms in total. The van der Waals surface area contributed by atoms with E-state index in [0.29, 0.717) is 0 Å². The van der Waals surface area contributed by atoms with Crippen molar-refractivity contribution in [1.29, 1.82) is 0 Å². The molecule has 1 saturated heterocycles.